The Balaban J connectivity index is 1.81. The molecule has 0 heterocycles. The summed E-state index contributed by atoms with van der Waals surface area (Å²) in [4.78, 5) is 46.2. The first kappa shape index (κ1) is 25.1. The highest BCUT2D eigenvalue weighted by atomic mass is 32.1. The quantitative estimate of drug-likeness (QED) is 0.211. The number of carbonyl (C=O) groups is 3. The molecule has 0 saturated heterocycles. The Labute approximate surface area is 195 Å². The van der Waals surface area contributed by atoms with E-state index in [0.29, 0.717) is 23.2 Å². The molecule has 0 radical (unpaired) electrons. The number of amides is 3. The number of hydrogen-bond acceptors (Lipinski definition) is 6. The number of rotatable bonds is 7. The van der Waals surface area contributed by atoms with Crippen LogP contribution in [0.1, 0.15) is 36.2 Å². The number of nitrogens with one attached hydrogen (secondary N) is 4. The van der Waals surface area contributed by atoms with E-state index in [-0.39, 0.29) is 22.6 Å². The first-order valence-corrected chi connectivity index (χ1v) is 10.3. The second kappa shape index (κ2) is 12.1. The first-order chi connectivity index (χ1) is 15.6. The zero-order valence-corrected chi connectivity index (χ0v) is 18.8. The molecule has 0 unspecified atom stereocenters. The van der Waals surface area contributed by atoms with Gasteiger partial charge >= 0.3 is 0 Å². The van der Waals surface area contributed by atoms with Gasteiger partial charge in [0.2, 0.25) is 11.8 Å². The molecule has 3 amide bonds. The summed E-state index contributed by atoms with van der Waals surface area (Å²) in [6.45, 7) is 3.89. The molecule has 0 aliphatic heterocycles. The normalized spacial score (nSPS) is 10.5. The predicted molar refractivity (Wildman–Crippen MR) is 128 cm³/mol. The molecule has 0 bridgehead atoms. The van der Waals surface area contributed by atoms with Gasteiger partial charge in [-0.3, -0.25) is 40.7 Å². The molecular weight excluding hydrogens is 446 g/mol. The Hall–Kier alpha value is -4.12. The second-order valence-electron chi connectivity index (χ2n) is 7.31. The minimum Gasteiger partial charge on any atom is -0.326 e. The molecule has 0 atom stereocenters. The van der Waals surface area contributed by atoms with E-state index in [1.54, 1.807) is 18.2 Å². The molecular formula is C22H23N5O5S. The van der Waals surface area contributed by atoms with Gasteiger partial charge in [0.15, 0.2) is 5.11 Å². The molecule has 0 aromatic heterocycles. The van der Waals surface area contributed by atoms with E-state index >= 15 is 0 Å². The van der Waals surface area contributed by atoms with E-state index in [1.165, 1.54) is 36.4 Å². The highest BCUT2D eigenvalue weighted by Gasteiger charge is 2.09. The highest BCUT2D eigenvalue weighted by molar-refractivity contribution is 7.80. The van der Waals surface area contributed by atoms with Gasteiger partial charge in [0, 0.05) is 35.9 Å². The van der Waals surface area contributed by atoms with Crippen molar-refractivity contribution in [2.24, 2.45) is 5.92 Å². The van der Waals surface area contributed by atoms with Crippen molar-refractivity contribution in [3.63, 3.8) is 0 Å². The summed E-state index contributed by atoms with van der Waals surface area (Å²) >= 11 is 4.96. The van der Waals surface area contributed by atoms with Crippen molar-refractivity contribution in [1.29, 1.82) is 0 Å². The summed E-state index contributed by atoms with van der Waals surface area (Å²) < 4.78 is 0. The van der Waals surface area contributed by atoms with Crippen molar-refractivity contribution in [2.45, 2.75) is 20.3 Å². The third kappa shape index (κ3) is 8.87. The van der Waals surface area contributed by atoms with Gasteiger partial charge in [-0.05, 0) is 54.0 Å². The second-order valence-corrected chi connectivity index (χ2v) is 7.71. The Bertz CT molecular complexity index is 1080. The fourth-order valence-electron chi connectivity index (χ4n) is 2.57. The van der Waals surface area contributed by atoms with Crippen molar-refractivity contribution in [1.82, 2.24) is 16.2 Å². The lowest BCUT2D eigenvalue weighted by Crippen LogP contribution is -2.48. The van der Waals surface area contributed by atoms with Crippen LogP contribution < -0.4 is 21.5 Å². The fourth-order valence-corrected chi connectivity index (χ4v) is 2.72. The van der Waals surface area contributed by atoms with Gasteiger partial charge in [-0.1, -0.05) is 26.0 Å². The molecule has 11 heteroatoms. The van der Waals surface area contributed by atoms with E-state index in [1.807, 2.05) is 13.8 Å². The number of hydrogen-bond donors (Lipinski definition) is 4. The standard InChI is InChI=1S/C22H23N5O5S/c1-14(2)12-20(29)23-17-9-7-16(8-10-17)21(30)25-26-22(33)24-19(28)11-6-15-4-3-5-18(13-15)27(31)32/h3-11,13-14H,12H2,1-2H3,(H,23,29)(H,25,30)(H2,24,26,28,33)/b11-6+. The molecule has 10 nitrogen and oxygen atoms in total. The van der Waals surface area contributed by atoms with E-state index in [0.717, 1.165) is 6.08 Å². The lowest BCUT2D eigenvalue weighted by Gasteiger charge is -2.11. The van der Waals surface area contributed by atoms with Crippen molar-refractivity contribution >= 4 is 52.5 Å². The van der Waals surface area contributed by atoms with Gasteiger partial charge < -0.3 is 5.32 Å². The third-order valence-electron chi connectivity index (χ3n) is 4.06. The molecule has 2 rings (SSSR count). The van der Waals surface area contributed by atoms with Gasteiger partial charge in [-0.25, -0.2) is 0 Å². The first-order valence-electron chi connectivity index (χ1n) is 9.88. The van der Waals surface area contributed by atoms with Crippen LogP contribution in [0.4, 0.5) is 11.4 Å². The van der Waals surface area contributed by atoms with Crippen molar-refractivity contribution < 1.29 is 19.3 Å². The molecule has 0 aliphatic carbocycles. The van der Waals surface area contributed by atoms with Gasteiger partial charge in [0.25, 0.3) is 11.6 Å². The summed E-state index contributed by atoms with van der Waals surface area (Å²) in [5.74, 6) is -0.959. The summed E-state index contributed by atoms with van der Waals surface area (Å²) in [5.41, 5.74) is 6.02. The number of non-ortho nitro benzene ring substituents is 1. The SMILES string of the molecule is CC(C)CC(=O)Nc1ccc(C(=O)NNC(=S)NC(=O)/C=C/c2cccc([N+](=O)[O-])c2)cc1. The third-order valence-corrected chi connectivity index (χ3v) is 4.26. The van der Waals surface area contributed by atoms with Gasteiger partial charge in [-0.2, -0.15) is 0 Å². The van der Waals surface area contributed by atoms with Crippen molar-refractivity contribution in [3.05, 3.63) is 75.8 Å². The maximum Gasteiger partial charge on any atom is 0.270 e. The number of hydrazine groups is 1. The van der Waals surface area contributed by atoms with Crippen LogP contribution in [0, 0.1) is 16.0 Å². The lowest BCUT2D eigenvalue weighted by atomic mass is 10.1. The van der Waals surface area contributed by atoms with Crippen LogP contribution >= 0.6 is 12.2 Å². The number of nitro groups is 1. The van der Waals surface area contributed by atoms with Crippen LogP contribution in [-0.4, -0.2) is 27.8 Å². The fraction of sp³-hybridized carbons (Fsp3) is 0.182. The van der Waals surface area contributed by atoms with Crippen LogP contribution in [0.5, 0.6) is 0 Å². The van der Waals surface area contributed by atoms with Gasteiger partial charge in [0.1, 0.15) is 0 Å². The monoisotopic (exact) mass is 469 g/mol. The Morgan fingerprint density at radius 3 is 2.42 bits per heavy atom. The van der Waals surface area contributed by atoms with E-state index in [2.05, 4.69) is 21.5 Å². The zero-order chi connectivity index (χ0) is 24.4. The Morgan fingerprint density at radius 1 is 1.09 bits per heavy atom. The maximum absolute atomic E-state index is 12.2. The molecule has 0 saturated carbocycles. The van der Waals surface area contributed by atoms with Crippen LogP contribution in [0.2, 0.25) is 0 Å². The van der Waals surface area contributed by atoms with Gasteiger partial charge in [0.05, 0.1) is 4.92 Å². The molecule has 33 heavy (non-hydrogen) atoms. The number of thiocarbonyl (C=S) groups is 1. The molecule has 172 valence electrons. The summed E-state index contributed by atoms with van der Waals surface area (Å²) in [5, 5.41) is 15.7. The predicted octanol–water partition coefficient (Wildman–Crippen LogP) is 2.93. The summed E-state index contributed by atoms with van der Waals surface area (Å²) in [6.07, 6.45) is 2.95. The summed E-state index contributed by atoms with van der Waals surface area (Å²) in [7, 11) is 0. The minimum atomic E-state index is -0.588. The average molecular weight is 470 g/mol. The van der Waals surface area contributed by atoms with Crippen LogP contribution in [0.25, 0.3) is 6.08 Å². The number of nitrogens with zero attached hydrogens (tertiary/aromatic N) is 1. The van der Waals surface area contributed by atoms with Gasteiger partial charge in [-0.15, -0.1) is 0 Å². The van der Waals surface area contributed by atoms with Crippen molar-refractivity contribution in [3.8, 4) is 0 Å². The highest BCUT2D eigenvalue weighted by Crippen LogP contribution is 2.14. The minimum absolute atomic E-state index is 0.0940. The molecule has 0 aliphatic rings. The Kier molecular flexibility index (Phi) is 9.18. The van der Waals surface area contributed by atoms with Crippen LogP contribution in [0.3, 0.4) is 0 Å². The van der Waals surface area contributed by atoms with Crippen molar-refractivity contribution in [2.75, 3.05) is 5.32 Å². The van der Waals surface area contributed by atoms with E-state index < -0.39 is 16.7 Å². The molecule has 0 fully saturated rings. The number of nitro benzene ring substituents is 1. The number of anilines is 1. The molecule has 4 N–H and O–H groups in total. The zero-order valence-electron chi connectivity index (χ0n) is 18.0. The average Bonchev–Trinajstić information content (AvgIpc) is 2.76. The lowest BCUT2D eigenvalue weighted by molar-refractivity contribution is -0.384. The molecule has 2 aromatic rings. The van der Waals surface area contributed by atoms with Crippen LogP contribution in [0.15, 0.2) is 54.6 Å². The van der Waals surface area contributed by atoms with E-state index in [4.69, 9.17) is 12.2 Å². The smallest absolute Gasteiger partial charge is 0.270 e. The van der Waals surface area contributed by atoms with E-state index in [9.17, 15) is 24.5 Å². The number of benzene rings is 2. The van der Waals surface area contributed by atoms with Crippen LogP contribution in [-0.2, 0) is 9.59 Å². The summed E-state index contributed by atoms with van der Waals surface area (Å²) in [6, 6.07) is 12.0. The largest absolute Gasteiger partial charge is 0.326 e. The Morgan fingerprint density at radius 2 is 1.79 bits per heavy atom. The number of carbonyl (C=O) groups excluding carboxylic acids is 3. The topological polar surface area (TPSA) is 142 Å². The molecule has 0 spiro atoms. The molecule has 2 aromatic carbocycles. The maximum atomic E-state index is 12.2.